The minimum absolute atomic E-state index is 0.0174. The molecule has 3 aliphatic rings. The molecular formula is C42H59N5O11S. The van der Waals surface area contributed by atoms with Gasteiger partial charge in [0.05, 0.1) is 64.9 Å². The molecule has 2 fully saturated rings. The van der Waals surface area contributed by atoms with Gasteiger partial charge in [-0.3, -0.25) is 9.59 Å². The first kappa shape index (κ1) is 45.7. The number of aliphatic carboxylic acids is 1. The Hall–Kier alpha value is -4.42. The Bertz CT molecular complexity index is 1620. The maximum Gasteiger partial charge on any atom is 0.407 e. The number of alkyl carbamates (subject to hydrolysis) is 1. The van der Waals surface area contributed by atoms with Gasteiger partial charge in [-0.1, -0.05) is 55.0 Å². The van der Waals surface area contributed by atoms with E-state index >= 15 is 0 Å². The molecule has 324 valence electrons. The summed E-state index contributed by atoms with van der Waals surface area (Å²) in [6, 6.07) is 15.2. The summed E-state index contributed by atoms with van der Waals surface area (Å²) < 4.78 is 27.4. The van der Waals surface area contributed by atoms with Crippen LogP contribution >= 0.6 is 11.8 Å². The molecule has 16 nitrogen and oxygen atoms in total. The highest BCUT2D eigenvalue weighted by molar-refractivity contribution is 8.00. The number of fused-ring (bicyclic) bond motifs is 4. The number of urea groups is 1. The van der Waals surface area contributed by atoms with E-state index in [0.29, 0.717) is 83.9 Å². The lowest BCUT2D eigenvalue weighted by atomic mass is 9.98. The van der Waals surface area contributed by atoms with Gasteiger partial charge < -0.3 is 55.4 Å². The van der Waals surface area contributed by atoms with Crippen LogP contribution in [0, 0.1) is 0 Å². The number of thioether (sulfide) groups is 1. The summed E-state index contributed by atoms with van der Waals surface area (Å²) in [5, 5.41) is 24.1. The van der Waals surface area contributed by atoms with Crippen molar-refractivity contribution in [3.8, 4) is 11.1 Å². The van der Waals surface area contributed by atoms with Crippen LogP contribution in [-0.4, -0.2) is 137 Å². The van der Waals surface area contributed by atoms with E-state index in [-0.39, 0.29) is 61.9 Å². The molecule has 0 unspecified atom stereocenters. The van der Waals surface area contributed by atoms with Crippen LogP contribution in [0.25, 0.3) is 11.1 Å². The molecule has 2 aliphatic heterocycles. The molecule has 0 spiro atoms. The van der Waals surface area contributed by atoms with Crippen LogP contribution in [0.1, 0.15) is 68.4 Å². The highest BCUT2D eigenvalue weighted by Crippen LogP contribution is 2.44. The Morgan fingerprint density at radius 3 is 2.02 bits per heavy atom. The first-order valence-electron chi connectivity index (χ1n) is 20.7. The molecule has 5 rings (SSSR count). The number of hydrogen-bond donors (Lipinski definition) is 6. The fourth-order valence-electron chi connectivity index (χ4n) is 7.38. The summed E-state index contributed by atoms with van der Waals surface area (Å²) >= 11 is 1.89. The minimum Gasteiger partial charge on any atom is -0.480 e. The summed E-state index contributed by atoms with van der Waals surface area (Å²) in [7, 11) is 0. The third-order valence-corrected chi connectivity index (χ3v) is 11.9. The van der Waals surface area contributed by atoms with Crippen molar-refractivity contribution in [2.45, 2.75) is 80.7 Å². The van der Waals surface area contributed by atoms with Crippen LogP contribution in [0.3, 0.4) is 0 Å². The average Bonchev–Trinajstić information content (AvgIpc) is 3.89. The molecule has 4 atom stereocenters. The normalized spacial score (nSPS) is 18.2. The van der Waals surface area contributed by atoms with Crippen LogP contribution in [0.15, 0.2) is 48.5 Å². The third kappa shape index (κ3) is 15.3. The highest BCUT2D eigenvalue weighted by atomic mass is 32.2. The van der Waals surface area contributed by atoms with Gasteiger partial charge in [-0.25, -0.2) is 14.4 Å². The van der Waals surface area contributed by atoms with Gasteiger partial charge in [-0.2, -0.15) is 11.8 Å². The van der Waals surface area contributed by atoms with Gasteiger partial charge in [-0.15, -0.1) is 0 Å². The number of carboxylic acid groups (broad SMARTS) is 1. The number of ether oxygens (including phenoxy) is 5. The van der Waals surface area contributed by atoms with Gasteiger partial charge in [0.25, 0.3) is 0 Å². The lowest BCUT2D eigenvalue weighted by Gasteiger charge is -2.17. The summed E-state index contributed by atoms with van der Waals surface area (Å²) in [5.74, 6) is -0.474. The maximum absolute atomic E-state index is 12.6. The van der Waals surface area contributed by atoms with Crippen LogP contribution in [0.4, 0.5) is 9.59 Å². The Morgan fingerprint density at radius 1 is 0.729 bits per heavy atom. The van der Waals surface area contributed by atoms with Crippen molar-refractivity contribution in [2.24, 2.45) is 0 Å². The van der Waals surface area contributed by atoms with Crippen LogP contribution in [0.2, 0.25) is 0 Å². The van der Waals surface area contributed by atoms with Crippen molar-refractivity contribution in [3.05, 3.63) is 59.7 Å². The zero-order chi connectivity index (χ0) is 41.7. The van der Waals surface area contributed by atoms with Gasteiger partial charge in [0.2, 0.25) is 11.8 Å². The molecule has 59 heavy (non-hydrogen) atoms. The molecule has 0 saturated carbocycles. The standard InChI is InChI=1S/C42H59N5O11S/c48-37(15-6-5-14-36-39-35(28-59-36)45-41(52)47-39)44-18-20-55-22-24-57-26-25-56-23-21-54-19-16-38(49)43-17-8-7-13-34(40(50)51)46-42(53)58-27-33-31-11-3-1-9-29(31)30-10-2-4-12-32(30)33/h1-4,9-12,33-36,39H,5-8,13-28H2,(H,43,49)(H,44,48)(H,46,53)(H,50,51)(H2,45,47,52)/t34-,35+,36+,39-/m1/s1. The second kappa shape index (κ2) is 25.3. The molecule has 0 aromatic heterocycles. The van der Waals surface area contributed by atoms with E-state index in [1.54, 1.807) is 0 Å². The number of rotatable bonds is 29. The molecular weight excluding hydrogens is 783 g/mol. The summed E-state index contributed by atoms with van der Waals surface area (Å²) in [5.41, 5.74) is 4.36. The van der Waals surface area contributed by atoms with Gasteiger partial charge in [0, 0.05) is 42.9 Å². The van der Waals surface area contributed by atoms with E-state index in [2.05, 4.69) is 26.6 Å². The number of amides is 5. The third-order valence-electron chi connectivity index (χ3n) is 10.4. The smallest absolute Gasteiger partial charge is 0.407 e. The van der Waals surface area contributed by atoms with Crippen LogP contribution in [-0.2, 0) is 38.1 Å². The zero-order valence-electron chi connectivity index (χ0n) is 33.6. The van der Waals surface area contributed by atoms with E-state index in [9.17, 15) is 29.1 Å². The Kier molecular flexibility index (Phi) is 19.5. The molecule has 2 aromatic rings. The van der Waals surface area contributed by atoms with Crippen LogP contribution in [0.5, 0.6) is 0 Å². The molecule has 0 radical (unpaired) electrons. The summed E-state index contributed by atoms with van der Waals surface area (Å²) in [6.45, 7) is 3.93. The quantitative estimate of drug-likeness (QED) is 0.0513. The monoisotopic (exact) mass is 841 g/mol. The topological polar surface area (TPSA) is 212 Å². The minimum atomic E-state index is -1.15. The molecule has 6 N–H and O–H groups in total. The summed E-state index contributed by atoms with van der Waals surface area (Å²) in [4.78, 5) is 60.1. The predicted octanol–water partition coefficient (Wildman–Crippen LogP) is 3.56. The molecule has 0 bridgehead atoms. The van der Waals surface area contributed by atoms with Gasteiger partial charge in [-0.05, 0) is 54.4 Å². The van der Waals surface area contributed by atoms with Crippen molar-refractivity contribution in [2.75, 3.05) is 78.3 Å². The largest absolute Gasteiger partial charge is 0.480 e. The van der Waals surface area contributed by atoms with Gasteiger partial charge >= 0.3 is 18.1 Å². The number of carbonyl (C=O) groups excluding carboxylic acids is 4. The number of carboxylic acids is 1. The van der Waals surface area contributed by atoms with Crippen molar-refractivity contribution >= 4 is 41.7 Å². The van der Waals surface area contributed by atoms with E-state index in [4.69, 9.17) is 23.7 Å². The van der Waals surface area contributed by atoms with E-state index in [1.165, 1.54) is 0 Å². The first-order chi connectivity index (χ1) is 28.8. The van der Waals surface area contributed by atoms with Gasteiger partial charge in [0.1, 0.15) is 12.6 Å². The second-order valence-corrected chi connectivity index (χ2v) is 15.9. The molecule has 5 amide bonds. The number of hydrogen-bond acceptors (Lipinski definition) is 11. The molecule has 17 heteroatoms. The highest BCUT2D eigenvalue weighted by Gasteiger charge is 2.42. The van der Waals surface area contributed by atoms with Crippen molar-refractivity contribution in [1.82, 2.24) is 26.6 Å². The molecule has 2 saturated heterocycles. The number of nitrogens with one attached hydrogen (secondary N) is 5. The van der Waals surface area contributed by atoms with E-state index < -0.39 is 18.1 Å². The Balaban J connectivity index is 0.760. The van der Waals surface area contributed by atoms with Crippen molar-refractivity contribution in [3.63, 3.8) is 0 Å². The number of benzene rings is 2. The second-order valence-electron chi connectivity index (χ2n) is 14.6. The zero-order valence-corrected chi connectivity index (χ0v) is 34.4. The fraction of sp³-hybridized carbons (Fsp3) is 0.595. The van der Waals surface area contributed by atoms with Crippen LogP contribution < -0.4 is 26.6 Å². The predicted molar refractivity (Wildman–Crippen MR) is 221 cm³/mol. The Morgan fingerprint density at radius 2 is 1.34 bits per heavy atom. The SMILES string of the molecule is O=C(CCCC[C@@H]1SC[C@@H]2NC(=O)N[C@H]21)NCCOCCOCCOCCOCCC(=O)NCCCC[C@@H](NC(=O)OCC1c2ccccc2-c2ccccc21)C(=O)O. The fourth-order valence-corrected chi connectivity index (χ4v) is 8.92. The average molecular weight is 842 g/mol. The lowest BCUT2D eigenvalue weighted by Crippen LogP contribution is -2.41. The van der Waals surface area contributed by atoms with Crippen molar-refractivity contribution < 1.29 is 52.8 Å². The van der Waals surface area contributed by atoms with E-state index in [0.717, 1.165) is 47.3 Å². The lowest BCUT2D eigenvalue weighted by molar-refractivity contribution is -0.139. The maximum atomic E-state index is 12.6. The summed E-state index contributed by atoms with van der Waals surface area (Å²) in [6.07, 6.45) is 3.89. The molecule has 2 aromatic carbocycles. The van der Waals surface area contributed by atoms with Gasteiger partial charge in [0.15, 0.2) is 0 Å². The number of unbranched alkanes of at least 4 members (excludes halogenated alkanes) is 2. The molecule has 1 aliphatic carbocycles. The van der Waals surface area contributed by atoms with Crippen molar-refractivity contribution in [1.29, 1.82) is 0 Å². The first-order valence-corrected chi connectivity index (χ1v) is 21.7. The Labute approximate surface area is 349 Å². The number of carbonyl (C=O) groups is 5. The van der Waals surface area contributed by atoms with E-state index in [1.807, 2.05) is 60.3 Å². The molecule has 2 heterocycles.